The molecule has 0 aliphatic rings. The molecule has 0 bridgehead atoms. The lowest BCUT2D eigenvalue weighted by atomic mass is 10.4. The Morgan fingerprint density at radius 3 is 1.67 bits per heavy atom. The number of rotatable bonds is 2. The van der Waals surface area contributed by atoms with Crippen molar-refractivity contribution in [2.45, 2.75) is 0 Å². The molecule has 6 heavy (non-hydrogen) atoms. The number of halogens is 1. The van der Waals surface area contributed by atoms with E-state index in [9.17, 15) is 0 Å². The molecule has 0 aromatic carbocycles. The van der Waals surface area contributed by atoms with Gasteiger partial charge in [-0.15, -0.1) is 0 Å². The maximum Gasteiger partial charge on any atom is 0.538 e. The van der Waals surface area contributed by atoms with Crippen molar-refractivity contribution < 1.29 is 9.31 Å². The predicted molar refractivity (Wildman–Crippen MR) is 28.7 cm³/mol. The van der Waals surface area contributed by atoms with Crippen molar-refractivity contribution in [2.24, 2.45) is 0 Å². The van der Waals surface area contributed by atoms with Crippen molar-refractivity contribution >= 4 is 21.7 Å². The van der Waals surface area contributed by atoms with Crippen LogP contribution in [0.1, 0.15) is 0 Å². The second-order valence-electron chi connectivity index (χ2n) is 0.746. The normalized spacial score (nSPS) is 8.50. The summed E-state index contributed by atoms with van der Waals surface area (Å²) in [6.07, 6.45) is 0. The summed E-state index contributed by atoms with van der Waals surface area (Å²) in [6, 6.07) is 0. The molecule has 0 saturated carbocycles. The minimum atomic E-state index is -0.252. The Hall–Kier alpha value is 0.465. The first-order valence-electron chi connectivity index (χ1n) is 1.51. The first-order chi connectivity index (χ1) is 2.81. The average Bonchev–Trinajstić information content (AvgIpc) is 1.65. The molecule has 4 heteroatoms. The molecule has 0 heterocycles. The number of hydrogen-bond donors (Lipinski definition) is 0. The van der Waals surface area contributed by atoms with E-state index in [2.05, 4.69) is 25.1 Å². The van der Waals surface area contributed by atoms with E-state index in [-0.39, 0.29) is 5.94 Å². The molecule has 0 aliphatic heterocycles. The highest BCUT2D eigenvalue weighted by molar-refractivity contribution is 9.24. The highest BCUT2D eigenvalue weighted by Gasteiger charge is 2.04. The van der Waals surface area contributed by atoms with Gasteiger partial charge in [0.15, 0.2) is 0 Å². The Bertz CT molecular complexity index is 30.7. The third-order valence-corrected chi connectivity index (χ3v) is 1.12. The van der Waals surface area contributed by atoms with Crippen LogP contribution in [0, 0.1) is 0 Å². The third-order valence-electron chi connectivity index (χ3n) is 0.371. The molecule has 0 amide bonds. The Morgan fingerprint density at radius 1 is 1.33 bits per heavy atom. The standard InChI is InChI=1S/C2H6BBrO2/c1-5-3(4)6-2/h1-2H3. The topological polar surface area (TPSA) is 18.5 Å². The zero-order valence-electron chi connectivity index (χ0n) is 3.77. The van der Waals surface area contributed by atoms with Crippen molar-refractivity contribution in [2.75, 3.05) is 14.2 Å². The molecule has 0 atom stereocenters. The molecule has 0 radical (unpaired) electrons. The van der Waals surface area contributed by atoms with Crippen molar-refractivity contribution in [3.63, 3.8) is 0 Å². The largest absolute Gasteiger partial charge is 0.538 e. The molecule has 0 spiro atoms. The van der Waals surface area contributed by atoms with Crippen LogP contribution in [-0.2, 0) is 9.31 Å². The van der Waals surface area contributed by atoms with Gasteiger partial charge < -0.3 is 9.31 Å². The van der Waals surface area contributed by atoms with Gasteiger partial charge in [0.1, 0.15) is 0 Å². The minimum absolute atomic E-state index is 0.252. The predicted octanol–water partition coefficient (Wildman–Crippen LogP) is 0.659. The molecule has 36 valence electrons. The van der Waals surface area contributed by atoms with E-state index < -0.39 is 0 Å². The van der Waals surface area contributed by atoms with Crippen LogP contribution in [0.4, 0.5) is 0 Å². The Morgan fingerprint density at radius 2 is 1.67 bits per heavy atom. The van der Waals surface area contributed by atoms with Crippen LogP contribution in [0.25, 0.3) is 0 Å². The maximum atomic E-state index is 4.59. The molecule has 0 aromatic rings. The third kappa shape index (κ3) is 2.69. The molecule has 2 nitrogen and oxygen atoms in total. The summed E-state index contributed by atoms with van der Waals surface area (Å²) in [7, 11) is 3.12. The first kappa shape index (κ1) is 6.46. The fourth-order valence-corrected chi connectivity index (χ4v) is 0.0962. The maximum absolute atomic E-state index is 4.59. The summed E-state index contributed by atoms with van der Waals surface area (Å²) < 4.78 is 9.19. The molecular weight excluding hydrogens is 147 g/mol. The average molecular weight is 153 g/mol. The Kier molecular flexibility index (Phi) is 3.93. The van der Waals surface area contributed by atoms with Crippen molar-refractivity contribution in [3.8, 4) is 0 Å². The summed E-state index contributed by atoms with van der Waals surface area (Å²) in [6.45, 7) is 0. The van der Waals surface area contributed by atoms with Gasteiger partial charge >= 0.3 is 5.94 Å². The van der Waals surface area contributed by atoms with Gasteiger partial charge in [-0.2, -0.15) is 0 Å². The first-order valence-corrected chi connectivity index (χ1v) is 2.42. The molecule has 0 fully saturated rings. The molecule has 0 aliphatic carbocycles. The van der Waals surface area contributed by atoms with Crippen LogP contribution in [0.15, 0.2) is 0 Å². The molecule has 0 unspecified atom stereocenters. The van der Waals surface area contributed by atoms with Crippen LogP contribution < -0.4 is 0 Å². The monoisotopic (exact) mass is 152 g/mol. The summed E-state index contributed by atoms with van der Waals surface area (Å²) in [5.41, 5.74) is 0. The van der Waals surface area contributed by atoms with Gasteiger partial charge in [0.2, 0.25) is 0 Å². The van der Waals surface area contributed by atoms with Crippen molar-refractivity contribution in [1.82, 2.24) is 0 Å². The van der Waals surface area contributed by atoms with E-state index in [1.165, 1.54) is 0 Å². The van der Waals surface area contributed by atoms with Gasteiger partial charge in [0.05, 0.1) is 0 Å². The lowest BCUT2D eigenvalue weighted by Crippen LogP contribution is -2.08. The van der Waals surface area contributed by atoms with Gasteiger partial charge in [0, 0.05) is 14.2 Å². The summed E-state index contributed by atoms with van der Waals surface area (Å²) in [5, 5.41) is 0. The molecule has 0 saturated heterocycles. The highest BCUT2D eigenvalue weighted by atomic mass is 79.9. The van der Waals surface area contributed by atoms with E-state index in [0.29, 0.717) is 0 Å². The van der Waals surface area contributed by atoms with Crippen LogP contribution in [-0.4, -0.2) is 20.2 Å². The fourth-order valence-electron chi connectivity index (χ4n) is 0.0962. The van der Waals surface area contributed by atoms with E-state index >= 15 is 0 Å². The molecule has 0 aromatic heterocycles. The Balaban J connectivity index is 2.75. The zero-order chi connectivity index (χ0) is 4.99. The van der Waals surface area contributed by atoms with E-state index in [4.69, 9.17) is 0 Å². The SMILES string of the molecule is COB(Br)OC. The van der Waals surface area contributed by atoms with Gasteiger partial charge in [-0.25, -0.2) is 0 Å². The van der Waals surface area contributed by atoms with Gasteiger partial charge in [0.25, 0.3) is 0 Å². The summed E-state index contributed by atoms with van der Waals surface area (Å²) >= 11 is 3.03. The lowest BCUT2D eigenvalue weighted by Gasteiger charge is -1.94. The van der Waals surface area contributed by atoms with Gasteiger partial charge in [-0.3, -0.25) is 0 Å². The summed E-state index contributed by atoms with van der Waals surface area (Å²) in [4.78, 5) is 0. The van der Waals surface area contributed by atoms with Gasteiger partial charge in [-0.1, -0.05) is 15.8 Å². The smallest absolute Gasteiger partial charge is 0.405 e. The highest BCUT2D eigenvalue weighted by Crippen LogP contribution is 1.90. The summed E-state index contributed by atoms with van der Waals surface area (Å²) in [5.74, 6) is -0.252. The van der Waals surface area contributed by atoms with Crippen LogP contribution in [0.5, 0.6) is 0 Å². The van der Waals surface area contributed by atoms with E-state index in [0.717, 1.165) is 0 Å². The van der Waals surface area contributed by atoms with Crippen molar-refractivity contribution in [1.29, 1.82) is 0 Å². The minimum Gasteiger partial charge on any atom is -0.405 e. The number of hydrogen-bond acceptors (Lipinski definition) is 2. The van der Waals surface area contributed by atoms with E-state index in [1.54, 1.807) is 14.2 Å². The van der Waals surface area contributed by atoms with Crippen LogP contribution in [0.2, 0.25) is 0 Å². The van der Waals surface area contributed by atoms with Crippen molar-refractivity contribution in [3.05, 3.63) is 0 Å². The zero-order valence-corrected chi connectivity index (χ0v) is 5.36. The van der Waals surface area contributed by atoms with E-state index in [1.807, 2.05) is 0 Å². The molecular formula is C2H6BBrO2. The second kappa shape index (κ2) is 3.65. The lowest BCUT2D eigenvalue weighted by molar-refractivity contribution is 0.303. The van der Waals surface area contributed by atoms with Crippen LogP contribution >= 0.6 is 15.8 Å². The van der Waals surface area contributed by atoms with Crippen LogP contribution in [0.3, 0.4) is 0 Å². The fraction of sp³-hybridized carbons (Fsp3) is 1.00. The van der Waals surface area contributed by atoms with Gasteiger partial charge in [-0.05, 0) is 0 Å². The second-order valence-corrected chi connectivity index (χ2v) is 1.49. The molecule has 0 rings (SSSR count). The Labute approximate surface area is 45.9 Å². The quantitative estimate of drug-likeness (QED) is 0.542. The molecule has 0 N–H and O–H groups in total.